The molecular weight excluding hydrogens is 416 g/mol. The molecule has 2 atom stereocenters. The molecule has 0 radical (unpaired) electrons. The monoisotopic (exact) mass is 456 g/mol. The summed E-state index contributed by atoms with van der Waals surface area (Å²) in [6.07, 6.45) is 12.4. The second kappa shape index (κ2) is 8.82. The zero-order valence-electron chi connectivity index (χ0n) is 20.4. The van der Waals surface area contributed by atoms with Crippen molar-refractivity contribution in [1.82, 2.24) is 5.32 Å². The Morgan fingerprint density at radius 3 is 2.12 bits per heavy atom. The molecule has 0 spiro atoms. The first-order valence-corrected chi connectivity index (χ1v) is 13.7. The van der Waals surface area contributed by atoms with Gasteiger partial charge in [0.25, 0.3) is 0 Å². The number of hydrogen-bond acceptors (Lipinski definition) is 2. The summed E-state index contributed by atoms with van der Waals surface area (Å²) < 4.78 is 0. The number of nitrogens with two attached hydrogens (primary N) is 1. The van der Waals surface area contributed by atoms with E-state index >= 15 is 0 Å². The first-order valence-electron chi connectivity index (χ1n) is 13.7. The molecule has 5 fully saturated rings. The molecule has 5 aliphatic rings. The fraction of sp³-hybridized carbons (Fsp3) is 0.581. The lowest BCUT2D eigenvalue weighted by Crippen LogP contribution is -2.62. The van der Waals surface area contributed by atoms with Gasteiger partial charge in [-0.25, -0.2) is 0 Å². The molecule has 5 saturated carbocycles. The van der Waals surface area contributed by atoms with Crippen LogP contribution in [0.25, 0.3) is 0 Å². The molecule has 4 bridgehead atoms. The van der Waals surface area contributed by atoms with Gasteiger partial charge in [0.05, 0.1) is 5.41 Å². The minimum absolute atomic E-state index is 0.176. The van der Waals surface area contributed by atoms with E-state index in [1.54, 1.807) is 0 Å². The lowest BCUT2D eigenvalue weighted by molar-refractivity contribution is -0.158. The van der Waals surface area contributed by atoms with Crippen LogP contribution in [-0.2, 0) is 16.6 Å². The van der Waals surface area contributed by atoms with Crippen molar-refractivity contribution in [1.29, 1.82) is 0 Å². The van der Waals surface area contributed by atoms with Crippen molar-refractivity contribution in [3.05, 3.63) is 71.8 Å². The molecule has 1 amide bonds. The molecule has 0 saturated heterocycles. The van der Waals surface area contributed by atoms with Gasteiger partial charge in [-0.1, -0.05) is 60.7 Å². The van der Waals surface area contributed by atoms with Crippen molar-refractivity contribution < 1.29 is 4.79 Å². The van der Waals surface area contributed by atoms with Gasteiger partial charge in [-0.2, -0.15) is 0 Å². The van der Waals surface area contributed by atoms with Crippen molar-refractivity contribution in [2.45, 2.75) is 88.1 Å². The van der Waals surface area contributed by atoms with E-state index in [1.165, 1.54) is 36.8 Å². The molecule has 0 aromatic heterocycles. The Kier molecular flexibility index (Phi) is 5.80. The number of carbonyl (C=O) groups excluding carboxylic acids is 1. The molecule has 3 heteroatoms. The van der Waals surface area contributed by atoms with Gasteiger partial charge in [0.1, 0.15) is 0 Å². The largest absolute Gasteiger partial charge is 0.353 e. The van der Waals surface area contributed by atoms with Crippen molar-refractivity contribution in [3.8, 4) is 0 Å². The average molecular weight is 457 g/mol. The molecule has 180 valence electrons. The van der Waals surface area contributed by atoms with Crippen molar-refractivity contribution >= 4 is 5.91 Å². The number of carbonyl (C=O) groups is 1. The molecule has 2 aromatic rings. The summed E-state index contributed by atoms with van der Waals surface area (Å²) in [5, 5.41) is 3.54. The molecule has 3 nitrogen and oxygen atoms in total. The van der Waals surface area contributed by atoms with Gasteiger partial charge < -0.3 is 11.1 Å². The van der Waals surface area contributed by atoms with E-state index in [0.717, 1.165) is 50.9 Å². The number of benzene rings is 2. The average Bonchev–Trinajstić information content (AvgIpc) is 2.86. The summed E-state index contributed by atoms with van der Waals surface area (Å²) in [4.78, 5) is 14.0. The topological polar surface area (TPSA) is 55.1 Å². The summed E-state index contributed by atoms with van der Waals surface area (Å²) in [6.45, 7) is 0. The Balaban J connectivity index is 1.25. The van der Waals surface area contributed by atoms with E-state index in [0.29, 0.717) is 29.8 Å². The maximum Gasteiger partial charge on any atom is 0.226 e. The van der Waals surface area contributed by atoms with Crippen molar-refractivity contribution in [3.63, 3.8) is 0 Å². The molecule has 3 N–H and O–H groups in total. The fourth-order valence-electron chi connectivity index (χ4n) is 8.69. The highest BCUT2D eigenvalue weighted by Crippen LogP contribution is 2.68. The lowest BCUT2D eigenvalue weighted by atomic mass is 9.39. The second-order valence-electron chi connectivity index (χ2n) is 12.2. The molecule has 7 rings (SSSR count). The lowest BCUT2D eigenvalue weighted by Gasteiger charge is -2.64. The summed E-state index contributed by atoms with van der Waals surface area (Å²) in [7, 11) is 0. The summed E-state index contributed by atoms with van der Waals surface area (Å²) in [5.74, 6) is 2.45. The van der Waals surface area contributed by atoms with Crippen LogP contribution in [0.15, 0.2) is 60.7 Å². The first kappa shape index (κ1) is 22.3. The minimum atomic E-state index is -0.176. The van der Waals surface area contributed by atoms with E-state index in [-0.39, 0.29) is 10.8 Å². The van der Waals surface area contributed by atoms with Gasteiger partial charge in [-0.15, -0.1) is 0 Å². The number of amides is 1. The van der Waals surface area contributed by atoms with Crippen LogP contribution < -0.4 is 11.1 Å². The Labute approximate surface area is 204 Å². The molecule has 34 heavy (non-hydrogen) atoms. The SMILES string of the molecule is N[C@H]1CC[C@H](NC(=O)C23CC4CC(c5ccccc5)(CC(C2)C4CCc2ccccc2)C3)CC1. The normalized spacial score (nSPS) is 38.6. The second-order valence-corrected chi connectivity index (χ2v) is 12.2. The van der Waals surface area contributed by atoms with Gasteiger partial charge in [-0.3, -0.25) is 4.79 Å². The van der Waals surface area contributed by atoms with E-state index in [9.17, 15) is 4.79 Å². The fourth-order valence-corrected chi connectivity index (χ4v) is 8.69. The van der Waals surface area contributed by atoms with Crippen LogP contribution in [0.2, 0.25) is 0 Å². The van der Waals surface area contributed by atoms with Gasteiger partial charge >= 0.3 is 0 Å². The Bertz CT molecular complexity index is 979. The maximum atomic E-state index is 14.0. The van der Waals surface area contributed by atoms with Gasteiger partial charge in [-0.05, 0) is 105 Å². The third-order valence-electron chi connectivity index (χ3n) is 10.1. The smallest absolute Gasteiger partial charge is 0.226 e. The maximum absolute atomic E-state index is 14.0. The Morgan fingerprint density at radius 1 is 0.853 bits per heavy atom. The highest BCUT2D eigenvalue weighted by molar-refractivity contribution is 5.84. The number of rotatable bonds is 6. The third-order valence-corrected chi connectivity index (χ3v) is 10.1. The predicted molar refractivity (Wildman–Crippen MR) is 137 cm³/mol. The summed E-state index contributed by atoms with van der Waals surface area (Å²) in [5.41, 5.74) is 9.07. The molecular formula is C31H40N2O. The third kappa shape index (κ3) is 4.00. The number of hydrogen-bond donors (Lipinski definition) is 2. The van der Waals surface area contributed by atoms with Gasteiger partial charge in [0.2, 0.25) is 5.91 Å². The van der Waals surface area contributed by atoms with Crippen LogP contribution in [0, 0.1) is 23.2 Å². The first-order chi connectivity index (χ1) is 16.6. The van der Waals surface area contributed by atoms with Gasteiger partial charge in [0, 0.05) is 12.1 Å². The highest BCUT2D eigenvalue weighted by atomic mass is 16.2. The molecule has 2 aromatic carbocycles. The van der Waals surface area contributed by atoms with Crippen LogP contribution >= 0.6 is 0 Å². The van der Waals surface area contributed by atoms with Crippen LogP contribution in [0.3, 0.4) is 0 Å². The molecule has 0 aliphatic heterocycles. The highest BCUT2D eigenvalue weighted by Gasteiger charge is 2.63. The van der Waals surface area contributed by atoms with Crippen LogP contribution in [0.1, 0.15) is 75.3 Å². The summed E-state index contributed by atoms with van der Waals surface area (Å²) in [6, 6.07) is 22.8. The van der Waals surface area contributed by atoms with Gasteiger partial charge in [0.15, 0.2) is 0 Å². The quantitative estimate of drug-likeness (QED) is 0.580. The Hall–Kier alpha value is -2.13. The molecule has 2 unspecified atom stereocenters. The minimum Gasteiger partial charge on any atom is -0.353 e. The van der Waals surface area contributed by atoms with Crippen LogP contribution in [-0.4, -0.2) is 18.0 Å². The van der Waals surface area contributed by atoms with E-state index in [2.05, 4.69) is 66.0 Å². The van der Waals surface area contributed by atoms with E-state index < -0.39 is 0 Å². The molecule has 5 aliphatic carbocycles. The van der Waals surface area contributed by atoms with Crippen LogP contribution in [0.5, 0.6) is 0 Å². The van der Waals surface area contributed by atoms with Crippen LogP contribution in [0.4, 0.5) is 0 Å². The number of nitrogens with one attached hydrogen (secondary N) is 1. The Morgan fingerprint density at radius 2 is 1.47 bits per heavy atom. The van der Waals surface area contributed by atoms with Crippen molar-refractivity contribution in [2.75, 3.05) is 0 Å². The van der Waals surface area contributed by atoms with E-state index in [1.807, 2.05) is 0 Å². The zero-order valence-corrected chi connectivity index (χ0v) is 20.4. The summed E-state index contributed by atoms with van der Waals surface area (Å²) >= 11 is 0. The predicted octanol–water partition coefficient (Wildman–Crippen LogP) is 5.77. The van der Waals surface area contributed by atoms with Crippen molar-refractivity contribution in [2.24, 2.45) is 28.9 Å². The van der Waals surface area contributed by atoms with E-state index in [4.69, 9.17) is 5.73 Å². The standard InChI is InChI=1S/C31H40N2O/c32-26-12-14-27(15-13-26)33-29(34)31-19-23-17-30(21-31,25-9-5-2-6-10-25)18-24(20-31)28(23)16-11-22-7-3-1-4-8-22/h1-10,23-24,26-28H,11-21,32H2,(H,33,34)/t23?,24?,26-,27-,28?,30?,31?. The molecule has 0 heterocycles. The zero-order chi connectivity index (χ0) is 23.2. The number of aryl methyl sites for hydroxylation is 1.